The van der Waals surface area contributed by atoms with Gasteiger partial charge in [-0.15, -0.1) is 0 Å². The molecule has 1 N–H and O–H groups in total. The molecule has 1 aromatic carbocycles. The molecule has 26 heavy (non-hydrogen) atoms. The Morgan fingerprint density at radius 2 is 1.65 bits per heavy atom. The second kappa shape index (κ2) is 6.40. The zero-order valence-electron chi connectivity index (χ0n) is 16.0. The Kier molecular flexibility index (Phi) is 4.32. The molecule has 4 saturated carbocycles. The fourth-order valence-corrected chi connectivity index (χ4v) is 5.86. The molecule has 0 aliphatic heterocycles. The van der Waals surface area contributed by atoms with Crippen molar-refractivity contribution in [2.75, 3.05) is 0 Å². The third-order valence-electron chi connectivity index (χ3n) is 6.69. The standard InChI is InChI=1S/C22H29NO3/c1-13-4-5-14(2)19(6-13)21(25)26-15(3)20(24)23-22-10-16-7-17(11-22)9-18(8-16)12-22/h4-6,15-18H,7-12H2,1-3H3,(H,23,24). The highest BCUT2D eigenvalue weighted by Gasteiger charge is 2.51. The van der Waals surface area contributed by atoms with E-state index in [1.807, 2.05) is 32.0 Å². The van der Waals surface area contributed by atoms with Crippen LogP contribution in [-0.4, -0.2) is 23.5 Å². The fraction of sp³-hybridized carbons (Fsp3) is 0.636. The summed E-state index contributed by atoms with van der Waals surface area (Å²) in [7, 11) is 0. The molecule has 4 fully saturated rings. The van der Waals surface area contributed by atoms with Gasteiger partial charge in [0.1, 0.15) is 0 Å². The first-order chi connectivity index (χ1) is 12.3. The van der Waals surface area contributed by atoms with E-state index in [-0.39, 0.29) is 11.4 Å². The number of nitrogens with one attached hydrogen (secondary N) is 1. The molecule has 1 unspecified atom stereocenters. The zero-order chi connectivity index (χ0) is 18.5. The summed E-state index contributed by atoms with van der Waals surface area (Å²) in [6.07, 6.45) is 6.55. The number of amides is 1. The van der Waals surface area contributed by atoms with Gasteiger partial charge in [-0.1, -0.05) is 17.7 Å². The molecule has 4 nitrogen and oxygen atoms in total. The van der Waals surface area contributed by atoms with E-state index in [9.17, 15) is 9.59 Å². The van der Waals surface area contributed by atoms with Crippen LogP contribution in [0.2, 0.25) is 0 Å². The lowest BCUT2D eigenvalue weighted by atomic mass is 9.53. The van der Waals surface area contributed by atoms with Gasteiger partial charge in [0, 0.05) is 5.54 Å². The van der Waals surface area contributed by atoms with Crippen LogP contribution in [0.3, 0.4) is 0 Å². The monoisotopic (exact) mass is 355 g/mol. The van der Waals surface area contributed by atoms with E-state index in [0.29, 0.717) is 5.56 Å². The Bertz CT molecular complexity index is 704. The van der Waals surface area contributed by atoms with Gasteiger partial charge in [0.15, 0.2) is 6.10 Å². The quantitative estimate of drug-likeness (QED) is 0.833. The fourth-order valence-electron chi connectivity index (χ4n) is 5.86. The van der Waals surface area contributed by atoms with Crippen LogP contribution in [-0.2, 0) is 9.53 Å². The van der Waals surface area contributed by atoms with Gasteiger partial charge < -0.3 is 10.1 Å². The van der Waals surface area contributed by atoms with E-state index in [1.54, 1.807) is 6.92 Å². The Morgan fingerprint density at radius 3 is 2.23 bits per heavy atom. The van der Waals surface area contributed by atoms with Gasteiger partial charge in [-0.25, -0.2) is 4.79 Å². The van der Waals surface area contributed by atoms with Crippen LogP contribution in [0.15, 0.2) is 18.2 Å². The van der Waals surface area contributed by atoms with E-state index in [4.69, 9.17) is 4.74 Å². The molecule has 5 rings (SSSR count). The molecule has 4 aliphatic carbocycles. The van der Waals surface area contributed by atoms with E-state index in [1.165, 1.54) is 19.3 Å². The van der Waals surface area contributed by atoms with Gasteiger partial charge in [-0.2, -0.15) is 0 Å². The van der Waals surface area contributed by atoms with Gasteiger partial charge >= 0.3 is 5.97 Å². The van der Waals surface area contributed by atoms with Crippen molar-refractivity contribution in [2.45, 2.75) is 70.9 Å². The minimum absolute atomic E-state index is 0.0498. The highest BCUT2D eigenvalue weighted by atomic mass is 16.5. The third kappa shape index (κ3) is 3.26. The lowest BCUT2D eigenvalue weighted by Crippen LogP contribution is -2.61. The highest BCUT2D eigenvalue weighted by Crippen LogP contribution is 2.55. The van der Waals surface area contributed by atoms with Crippen molar-refractivity contribution >= 4 is 11.9 Å². The molecule has 0 saturated heterocycles. The van der Waals surface area contributed by atoms with Crippen LogP contribution in [0.4, 0.5) is 0 Å². The Labute approximate surface area is 155 Å². The molecule has 140 valence electrons. The van der Waals surface area contributed by atoms with E-state index in [0.717, 1.165) is 48.1 Å². The summed E-state index contributed by atoms with van der Waals surface area (Å²) in [5, 5.41) is 3.29. The van der Waals surface area contributed by atoms with Crippen molar-refractivity contribution in [3.8, 4) is 0 Å². The SMILES string of the molecule is Cc1ccc(C)c(C(=O)OC(C)C(=O)NC23CC4CC(CC(C4)C2)C3)c1. The molecule has 4 bridgehead atoms. The summed E-state index contributed by atoms with van der Waals surface area (Å²) in [5.41, 5.74) is 2.37. The number of carbonyl (C=O) groups excluding carboxylic acids is 2. The molecular weight excluding hydrogens is 326 g/mol. The normalized spacial score (nSPS) is 33.0. The predicted molar refractivity (Wildman–Crippen MR) is 99.8 cm³/mol. The summed E-state index contributed by atoms with van der Waals surface area (Å²) in [5.74, 6) is 1.75. The maximum absolute atomic E-state index is 12.8. The van der Waals surface area contributed by atoms with Crippen LogP contribution in [0.1, 0.15) is 66.9 Å². The first-order valence-electron chi connectivity index (χ1n) is 9.94. The molecule has 4 heteroatoms. The number of aryl methyl sites for hydroxylation is 2. The largest absolute Gasteiger partial charge is 0.449 e. The summed E-state index contributed by atoms with van der Waals surface area (Å²) < 4.78 is 5.50. The lowest BCUT2D eigenvalue weighted by Gasteiger charge is -2.57. The van der Waals surface area contributed by atoms with Crippen molar-refractivity contribution in [3.05, 3.63) is 34.9 Å². The van der Waals surface area contributed by atoms with Gasteiger partial charge in [0.05, 0.1) is 5.56 Å². The van der Waals surface area contributed by atoms with Crippen molar-refractivity contribution in [3.63, 3.8) is 0 Å². The van der Waals surface area contributed by atoms with Gasteiger partial charge in [-0.3, -0.25) is 4.79 Å². The highest BCUT2D eigenvalue weighted by molar-refractivity contribution is 5.93. The second-order valence-electron chi connectivity index (χ2n) is 9.05. The van der Waals surface area contributed by atoms with E-state index < -0.39 is 12.1 Å². The first kappa shape index (κ1) is 17.6. The molecule has 4 aliphatic rings. The Balaban J connectivity index is 1.41. The smallest absolute Gasteiger partial charge is 0.339 e. The molecule has 1 atom stereocenters. The second-order valence-corrected chi connectivity index (χ2v) is 9.05. The number of rotatable bonds is 4. The lowest BCUT2D eigenvalue weighted by molar-refractivity contribution is -0.134. The number of hydrogen-bond acceptors (Lipinski definition) is 3. The summed E-state index contributed by atoms with van der Waals surface area (Å²) in [4.78, 5) is 25.3. The van der Waals surface area contributed by atoms with Crippen LogP contribution in [0.25, 0.3) is 0 Å². The van der Waals surface area contributed by atoms with Crippen LogP contribution < -0.4 is 5.32 Å². The number of esters is 1. The summed E-state index contributed by atoms with van der Waals surface area (Å²) in [6.45, 7) is 5.51. The Morgan fingerprint density at radius 1 is 1.08 bits per heavy atom. The summed E-state index contributed by atoms with van der Waals surface area (Å²) >= 11 is 0. The average Bonchev–Trinajstić information content (AvgIpc) is 2.55. The number of carbonyl (C=O) groups is 2. The van der Waals surface area contributed by atoms with Crippen LogP contribution >= 0.6 is 0 Å². The third-order valence-corrected chi connectivity index (χ3v) is 6.69. The maximum Gasteiger partial charge on any atom is 0.339 e. The van der Waals surface area contributed by atoms with E-state index in [2.05, 4.69) is 5.32 Å². The minimum atomic E-state index is -0.768. The van der Waals surface area contributed by atoms with Crippen LogP contribution in [0, 0.1) is 31.6 Å². The van der Waals surface area contributed by atoms with Crippen molar-refractivity contribution in [2.24, 2.45) is 17.8 Å². The van der Waals surface area contributed by atoms with Crippen molar-refractivity contribution in [1.29, 1.82) is 0 Å². The van der Waals surface area contributed by atoms with E-state index >= 15 is 0 Å². The first-order valence-corrected chi connectivity index (χ1v) is 9.94. The number of ether oxygens (including phenoxy) is 1. The molecule has 0 aromatic heterocycles. The summed E-state index contributed by atoms with van der Waals surface area (Å²) in [6, 6.07) is 5.70. The molecule has 0 radical (unpaired) electrons. The maximum atomic E-state index is 12.8. The average molecular weight is 355 g/mol. The molecule has 1 amide bonds. The topological polar surface area (TPSA) is 55.4 Å². The predicted octanol–water partition coefficient (Wildman–Crippen LogP) is 3.93. The minimum Gasteiger partial charge on any atom is -0.449 e. The van der Waals surface area contributed by atoms with Gasteiger partial charge in [-0.05, 0) is 88.7 Å². The molecule has 1 aromatic rings. The number of benzene rings is 1. The van der Waals surface area contributed by atoms with Gasteiger partial charge in [0.25, 0.3) is 5.91 Å². The van der Waals surface area contributed by atoms with Gasteiger partial charge in [0.2, 0.25) is 0 Å². The molecule has 0 spiro atoms. The van der Waals surface area contributed by atoms with Crippen molar-refractivity contribution in [1.82, 2.24) is 5.32 Å². The zero-order valence-corrected chi connectivity index (χ0v) is 16.0. The van der Waals surface area contributed by atoms with Crippen molar-refractivity contribution < 1.29 is 14.3 Å². The molecule has 0 heterocycles. The van der Waals surface area contributed by atoms with Crippen LogP contribution in [0.5, 0.6) is 0 Å². The Hall–Kier alpha value is -1.84. The molecular formula is C22H29NO3. The number of hydrogen-bond donors (Lipinski definition) is 1.